The third kappa shape index (κ3) is 3.87. The van der Waals surface area contributed by atoms with Crippen LogP contribution >= 0.6 is 0 Å². The van der Waals surface area contributed by atoms with Crippen LogP contribution in [0.3, 0.4) is 0 Å². The summed E-state index contributed by atoms with van der Waals surface area (Å²) in [6, 6.07) is 11.8. The van der Waals surface area contributed by atoms with Gasteiger partial charge in [-0.15, -0.1) is 0 Å². The number of carbonyl (C=O) groups excluding carboxylic acids is 1. The maximum atomic E-state index is 13.3. The van der Waals surface area contributed by atoms with Crippen molar-refractivity contribution in [3.63, 3.8) is 0 Å². The number of carbonyl (C=O) groups is 1. The Bertz CT molecular complexity index is 943. The topological polar surface area (TPSA) is 46.3 Å². The van der Waals surface area contributed by atoms with Gasteiger partial charge in [-0.3, -0.25) is 4.79 Å². The van der Waals surface area contributed by atoms with Crippen molar-refractivity contribution in [1.29, 1.82) is 0 Å². The van der Waals surface area contributed by atoms with Gasteiger partial charge in [0.1, 0.15) is 11.3 Å². The molecule has 2 aromatic carbocycles. The van der Waals surface area contributed by atoms with E-state index in [-0.39, 0.29) is 17.8 Å². The van der Waals surface area contributed by atoms with Crippen LogP contribution in [0.5, 0.6) is 0 Å². The molecule has 140 valence electrons. The van der Waals surface area contributed by atoms with E-state index in [1.165, 1.54) is 18.6 Å². The van der Waals surface area contributed by atoms with Gasteiger partial charge in [-0.25, -0.2) is 9.37 Å². The molecule has 1 saturated carbocycles. The molecule has 0 N–H and O–H groups in total. The third-order valence-corrected chi connectivity index (χ3v) is 5.26. The van der Waals surface area contributed by atoms with Crippen molar-refractivity contribution in [1.82, 2.24) is 9.88 Å². The van der Waals surface area contributed by atoms with Gasteiger partial charge in [0.2, 0.25) is 5.89 Å². The number of hydrogen-bond donors (Lipinski definition) is 0. The highest BCUT2D eigenvalue weighted by atomic mass is 19.1. The van der Waals surface area contributed by atoms with Gasteiger partial charge in [0.25, 0.3) is 5.91 Å². The quantitative estimate of drug-likeness (QED) is 0.633. The summed E-state index contributed by atoms with van der Waals surface area (Å²) < 4.78 is 19.1. The number of aryl methyl sites for hydroxylation is 1. The first-order chi connectivity index (χ1) is 13.1. The smallest absolute Gasteiger partial charge is 0.254 e. The van der Waals surface area contributed by atoms with Gasteiger partial charge in [0, 0.05) is 11.6 Å². The molecule has 0 radical (unpaired) electrons. The highest BCUT2D eigenvalue weighted by Crippen LogP contribution is 2.27. The number of aromatic nitrogens is 1. The Morgan fingerprint density at radius 1 is 1.15 bits per heavy atom. The number of nitrogens with zero attached hydrogens (tertiary/aromatic N) is 2. The average Bonchev–Trinajstić information content (AvgIpc) is 3.08. The Labute approximate surface area is 158 Å². The van der Waals surface area contributed by atoms with Crippen molar-refractivity contribution in [2.24, 2.45) is 0 Å². The minimum atomic E-state index is -0.343. The van der Waals surface area contributed by atoms with E-state index in [4.69, 9.17) is 4.42 Å². The van der Waals surface area contributed by atoms with Gasteiger partial charge in [-0.2, -0.15) is 0 Å². The molecule has 3 aromatic rings. The lowest BCUT2D eigenvalue weighted by Gasteiger charge is -2.33. The van der Waals surface area contributed by atoms with Crippen molar-refractivity contribution in [2.45, 2.75) is 51.6 Å². The second-order valence-electron chi connectivity index (χ2n) is 7.31. The van der Waals surface area contributed by atoms with E-state index in [2.05, 4.69) is 4.98 Å². The molecule has 1 aliphatic rings. The summed E-state index contributed by atoms with van der Waals surface area (Å²) in [5, 5.41) is 0. The van der Waals surface area contributed by atoms with E-state index < -0.39 is 0 Å². The first kappa shape index (κ1) is 17.7. The minimum absolute atomic E-state index is 0.0969. The molecule has 5 heteroatoms. The molecule has 0 saturated heterocycles. The molecular weight excluding hydrogens is 343 g/mol. The van der Waals surface area contributed by atoms with Crippen LogP contribution in [-0.2, 0) is 6.54 Å². The summed E-state index contributed by atoms with van der Waals surface area (Å²) in [7, 11) is 0. The van der Waals surface area contributed by atoms with Crippen LogP contribution in [0.25, 0.3) is 11.1 Å². The molecular formula is C22H23FN2O2. The predicted molar refractivity (Wildman–Crippen MR) is 102 cm³/mol. The van der Waals surface area contributed by atoms with Gasteiger partial charge in [-0.1, -0.05) is 25.3 Å². The molecule has 27 heavy (non-hydrogen) atoms. The van der Waals surface area contributed by atoms with Crippen molar-refractivity contribution in [2.75, 3.05) is 0 Å². The number of fused-ring (bicyclic) bond motifs is 1. The van der Waals surface area contributed by atoms with Crippen LogP contribution in [0.2, 0.25) is 0 Å². The Morgan fingerprint density at radius 2 is 1.89 bits per heavy atom. The van der Waals surface area contributed by atoms with Gasteiger partial charge in [-0.05, 0) is 61.7 Å². The monoisotopic (exact) mass is 366 g/mol. The fraction of sp³-hybridized carbons (Fsp3) is 0.364. The maximum absolute atomic E-state index is 13.3. The Balaban J connectivity index is 1.63. The molecule has 0 spiro atoms. The van der Waals surface area contributed by atoms with E-state index in [9.17, 15) is 9.18 Å². The third-order valence-electron chi connectivity index (χ3n) is 5.26. The average molecular weight is 366 g/mol. The summed E-state index contributed by atoms with van der Waals surface area (Å²) in [5.74, 6) is 0.0991. The Morgan fingerprint density at radius 3 is 2.63 bits per heavy atom. The zero-order chi connectivity index (χ0) is 18.8. The number of amides is 1. The summed E-state index contributed by atoms with van der Waals surface area (Å²) >= 11 is 0. The minimum Gasteiger partial charge on any atom is -0.439 e. The lowest BCUT2D eigenvalue weighted by atomic mass is 9.93. The number of hydrogen-bond acceptors (Lipinski definition) is 3. The van der Waals surface area contributed by atoms with E-state index >= 15 is 0 Å². The highest BCUT2D eigenvalue weighted by molar-refractivity contribution is 5.94. The summed E-state index contributed by atoms with van der Waals surface area (Å²) in [6.07, 6.45) is 5.39. The second kappa shape index (κ2) is 7.51. The van der Waals surface area contributed by atoms with Gasteiger partial charge < -0.3 is 9.32 Å². The van der Waals surface area contributed by atoms with Gasteiger partial charge in [0.15, 0.2) is 5.58 Å². The van der Waals surface area contributed by atoms with Gasteiger partial charge in [0.05, 0.1) is 6.54 Å². The number of benzene rings is 2. The molecule has 0 atom stereocenters. The van der Waals surface area contributed by atoms with Gasteiger partial charge >= 0.3 is 0 Å². The molecule has 1 aliphatic carbocycles. The molecule has 1 aromatic heterocycles. The van der Waals surface area contributed by atoms with Crippen molar-refractivity contribution < 1.29 is 13.6 Å². The molecule has 0 unspecified atom stereocenters. The molecule has 4 rings (SSSR count). The van der Waals surface area contributed by atoms with Crippen molar-refractivity contribution >= 4 is 17.0 Å². The molecule has 0 aliphatic heterocycles. The van der Waals surface area contributed by atoms with Crippen LogP contribution < -0.4 is 0 Å². The van der Waals surface area contributed by atoms with Crippen molar-refractivity contribution in [3.05, 3.63) is 65.3 Å². The highest BCUT2D eigenvalue weighted by Gasteiger charge is 2.28. The molecule has 4 nitrogen and oxygen atoms in total. The number of rotatable bonds is 4. The summed E-state index contributed by atoms with van der Waals surface area (Å²) in [4.78, 5) is 19.6. The summed E-state index contributed by atoms with van der Waals surface area (Å²) in [5.41, 5.74) is 3.15. The van der Waals surface area contributed by atoms with E-state index in [1.54, 1.807) is 12.1 Å². The first-order valence-corrected chi connectivity index (χ1v) is 9.53. The van der Waals surface area contributed by atoms with E-state index in [0.717, 1.165) is 42.3 Å². The SMILES string of the molecule is Cc1ccc2oc(CN(C(=O)c3ccc(F)cc3)C3CCCCC3)nc2c1. The predicted octanol–water partition coefficient (Wildman–Crippen LogP) is 5.25. The number of halogens is 1. The summed E-state index contributed by atoms with van der Waals surface area (Å²) in [6.45, 7) is 2.34. The van der Waals surface area contributed by atoms with Crippen LogP contribution in [0.1, 0.15) is 53.9 Å². The zero-order valence-electron chi connectivity index (χ0n) is 15.5. The first-order valence-electron chi connectivity index (χ1n) is 9.53. The molecule has 1 amide bonds. The fourth-order valence-corrected chi connectivity index (χ4v) is 3.82. The van der Waals surface area contributed by atoms with Crippen LogP contribution in [-0.4, -0.2) is 21.8 Å². The molecule has 1 heterocycles. The maximum Gasteiger partial charge on any atom is 0.254 e. The normalized spacial score (nSPS) is 15.2. The largest absolute Gasteiger partial charge is 0.439 e. The van der Waals surface area contributed by atoms with Crippen molar-refractivity contribution in [3.8, 4) is 0 Å². The second-order valence-corrected chi connectivity index (χ2v) is 7.31. The Hall–Kier alpha value is -2.69. The van der Waals surface area contributed by atoms with Crippen LogP contribution in [0.15, 0.2) is 46.9 Å². The molecule has 0 bridgehead atoms. The lowest BCUT2D eigenvalue weighted by Crippen LogP contribution is -2.41. The fourth-order valence-electron chi connectivity index (χ4n) is 3.82. The standard InChI is InChI=1S/C22H23FN2O2/c1-15-7-12-20-19(13-15)24-21(27-20)14-25(18-5-3-2-4-6-18)22(26)16-8-10-17(23)11-9-16/h7-13,18H,2-6,14H2,1H3. The molecule has 1 fully saturated rings. The van der Waals surface area contributed by atoms with Crippen LogP contribution in [0, 0.1) is 12.7 Å². The number of oxazole rings is 1. The van der Waals surface area contributed by atoms with E-state index in [1.807, 2.05) is 30.0 Å². The van der Waals surface area contributed by atoms with E-state index in [0.29, 0.717) is 18.0 Å². The lowest BCUT2D eigenvalue weighted by molar-refractivity contribution is 0.0593. The Kier molecular flexibility index (Phi) is 4.92. The van der Waals surface area contributed by atoms with Crippen LogP contribution in [0.4, 0.5) is 4.39 Å². The zero-order valence-corrected chi connectivity index (χ0v) is 15.5.